The Kier molecular flexibility index (Phi) is 5.60. The molecule has 0 saturated carbocycles. The molecule has 1 aromatic rings. The van der Waals surface area contributed by atoms with Gasteiger partial charge >= 0.3 is 12.7 Å². The van der Waals surface area contributed by atoms with E-state index in [2.05, 4.69) is 5.32 Å². The molecule has 2 aliphatic rings. The van der Waals surface area contributed by atoms with Crippen molar-refractivity contribution < 1.29 is 39.0 Å². The van der Waals surface area contributed by atoms with Gasteiger partial charge < -0.3 is 34.9 Å². The molecule has 3 amide bonds. The van der Waals surface area contributed by atoms with Gasteiger partial charge in [-0.15, -0.1) is 5.46 Å². The van der Waals surface area contributed by atoms with Crippen molar-refractivity contribution in [3.8, 4) is 0 Å². The molecule has 2 heterocycles. The summed E-state index contributed by atoms with van der Waals surface area (Å²) in [6.07, 6.45) is -1.49. The highest BCUT2D eigenvalue weighted by atomic mass is 16.6. The molecule has 0 aromatic heterocycles. The summed E-state index contributed by atoms with van der Waals surface area (Å²) in [4.78, 5) is 50.0. The lowest BCUT2D eigenvalue weighted by Gasteiger charge is -2.32. The highest BCUT2D eigenvalue weighted by molar-refractivity contribution is 6.74. The summed E-state index contributed by atoms with van der Waals surface area (Å²) >= 11 is 0. The van der Waals surface area contributed by atoms with Crippen LogP contribution in [-0.2, 0) is 19.0 Å². The summed E-state index contributed by atoms with van der Waals surface area (Å²) < 4.78 is 5.03. The molecule has 0 spiro atoms. The van der Waals surface area contributed by atoms with Crippen LogP contribution < -0.4 is 10.8 Å². The summed E-state index contributed by atoms with van der Waals surface area (Å²) in [6, 6.07) is 3.98. The van der Waals surface area contributed by atoms with E-state index in [1.54, 1.807) is 7.05 Å². The number of likely N-dealkylation sites (N-methyl/N-ethyl adjacent to an activating group) is 1. The molecule has 1 fully saturated rings. The first kappa shape index (κ1) is 20.8. The van der Waals surface area contributed by atoms with Gasteiger partial charge in [0.25, 0.3) is 5.91 Å². The first-order valence-corrected chi connectivity index (χ1v) is 9.01. The van der Waals surface area contributed by atoms with E-state index in [1.165, 1.54) is 28.0 Å². The molecule has 0 unspecified atom stereocenters. The average molecular weight is 406 g/mol. The van der Waals surface area contributed by atoms with Gasteiger partial charge in [-0.1, -0.05) is 17.7 Å². The van der Waals surface area contributed by atoms with E-state index >= 15 is 0 Å². The molecular formula is C17H21BN3O8-. The van der Waals surface area contributed by atoms with Gasteiger partial charge in [0.2, 0.25) is 11.8 Å². The van der Waals surface area contributed by atoms with Crippen LogP contribution in [0.2, 0.25) is 0 Å². The van der Waals surface area contributed by atoms with Crippen LogP contribution in [0.15, 0.2) is 18.2 Å². The predicted octanol–water partition coefficient (Wildman–Crippen LogP) is -2.61. The zero-order chi connectivity index (χ0) is 21.3. The third-order valence-corrected chi connectivity index (χ3v) is 5.03. The van der Waals surface area contributed by atoms with E-state index < -0.39 is 37.1 Å². The molecular weight excluding hydrogens is 385 g/mol. The maximum Gasteiger partial charge on any atom is 0.405 e. The number of amides is 3. The summed E-state index contributed by atoms with van der Waals surface area (Å²) in [5, 5.41) is 31.4. The zero-order valence-electron chi connectivity index (χ0n) is 15.7. The Morgan fingerprint density at radius 3 is 2.66 bits per heavy atom. The van der Waals surface area contributed by atoms with Crippen LogP contribution >= 0.6 is 0 Å². The Morgan fingerprint density at radius 2 is 2.00 bits per heavy atom. The number of carboxylic acids is 1. The van der Waals surface area contributed by atoms with E-state index in [0.29, 0.717) is 13.1 Å². The Morgan fingerprint density at radius 1 is 1.28 bits per heavy atom. The Hall–Kier alpha value is -2.96. The molecule has 1 atom stereocenters. The van der Waals surface area contributed by atoms with E-state index in [0.717, 1.165) is 0 Å². The highest BCUT2D eigenvalue weighted by Gasteiger charge is 2.39. The van der Waals surface area contributed by atoms with Crippen molar-refractivity contribution in [3.05, 3.63) is 29.3 Å². The number of hydrogen-bond acceptors (Lipinski definition) is 7. The van der Waals surface area contributed by atoms with E-state index in [1.807, 2.05) is 0 Å². The van der Waals surface area contributed by atoms with Gasteiger partial charge in [-0.05, 0) is 6.07 Å². The fourth-order valence-electron chi connectivity index (χ4n) is 3.37. The van der Waals surface area contributed by atoms with E-state index in [-0.39, 0.29) is 35.6 Å². The lowest BCUT2D eigenvalue weighted by atomic mass is 9.70. The van der Waals surface area contributed by atoms with Crippen LogP contribution in [-0.4, -0.2) is 88.6 Å². The van der Waals surface area contributed by atoms with Gasteiger partial charge in [-0.2, -0.15) is 0 Å². The molecule has 0 bridgehead atoms. The Balaban J connectivity index is 1.66. The van der Waals surface area contributed by atoms with Crippen molar-refractivity contribution in [2.24, 2.45) is 0 Å². The second-order valence-electron chi connectivity index (χ2n) is 7.08. The summed E-state index contributed by atoms with van der Waals surface area (Å²) in [7, 11) is 1.65. The van der Waals surface area contributed by atoms with Crippen molar-refractivity contribution in [1.29, 1.82) is 0 Å². The molecule has 0 radical (unpaired) electrons. The molecule has 0 aliphatic carbocycles. The van der Waals surface area contributed by atoms with Crippen molar-refractivity contribution in [2.75, 3.05) is 33.2 Å². The van der Waals surface area contributed by atoms with Crippen LogP contribution in [0.4, 0.5) is 0 Å². The fraction of sp³-hybridized carbons (Fsp3) is 0.412. The van der Waals surface area contributed by atoms with Gasteiger partial charge in [0.05, 0.1) is 19.5 Å². The standard InChI is InChI=1S/C17H21BN3O8/c1-20-4-5-21(9-15(20)23)14(22)8-19-17(26)10-2-3-11-12(6-10)18(27,28)29-13(11)7-16(24)25/h2-3,6,13,27-28H,4-5,7-9H2,1H3,(H,19,26)(H,24,25)/q-1/t13-/m0/s1. The van der Waals surface area contributed by atoms with Crippen molar-refractivity contribution in [2.45, 2.75) is 12.5 Å². The SMILES string of the molecule is CN1CCN(C(=O)CNC(=O)c2ccc3c(c2)[B-](O)(O)O[C@H]3CC(=O)O)CC1=O. The van der Waals surface area contributed by atoms with Gasteiger partial charge in [-0.25, -0.2) is 0 Å². The number of nitrogens with zero attached hydrogens (tertiary/aromatic N) is 2. The molecule has 11 nitrogen and oxygen atoms in total. The Labute approximate surface area is 165 Å². The lowest BCUT2D eigenvalue weighted by Crippen LogP contribution is -2.52. The van der Waals surface area contributed by atoms with Crippen molar-refractivity contribution in [1.82, 2.24) is 15.1 Å². The average Bonchev–Trinajstić information content (AvgIpc) is 2.90. The molecule has 29 heavy (non-hydrogen) atoms. The van der Waals surface area contributed by atoms with Crippen molar-refractivity contribution >= 4 is 35.9 Å². The van der Waals surface area contributed by atoms with E-state index in [9.17, 15) is 29.2 Å². The third kappa shape index (κ3) is 4.39. The molecule has 1 saturated heterocycles. The van der Waals surface area contributed by atoms with Crippen LogP contribution in [0.3, 0.4) is 0 Å². The summed E-state index contributed by atoms with van der Waals surface area (Å²) in [6.45, 7) is -3.02. The number of carboxylic acid groups (broad SMARTS) is 1. The first-order valence-electron chi connectivity index (χ1n) is 9.01. The van der Waals surface area contributed by atoms with E-state index in [4.69, 9.17) is 9.76 Å². The fourth-order valence-corrected chi connectivity index (χ4v) is 3.37. The normalized spacial score (nSPS) is 20.4. The summed E-state index contributed by atoms with van der Waals surface area (Å²) in [5.74, 6) is -2.39. The molecule has 12 heteroatoms. The minimum atomic E-state index is -3.44. The molecule has 3 rings (SSSR count). The van der Waals surface area contributed by atoms with Crippen molar-refractivity contribution in [3.63, 3.8) is 0 Å². The van der Waals surface area contributed by atoms with Crippen LogP contribution in [0.25, 0.3) is 0 Å². The highest BCUT2D eigenvalue weighted by Crippen LogP contribution is 2.30. The third-order valence-electron chi connectivity index (χ3n) is 5.03. The van der Waals surface area contributed by atoms with Gasteiger partial charge in [0, 0.05) is 31.8 Å². The van der Waals surface area contributed by atoms with Gasteiger partial charge in [0.1, 0.15) is 0 Å². The predicted molar refractivity (Wildman–Crippen MR) is 98.9 cm³/mol. The summed E-state index contributed by atoms with van der Waals surface area (Å²) in [5.41, 5.74) is 0.265. The number of piperazine rings is 1. The van der Waals surface area contributed by atoms with Crippen LogP contribution in [0.1, 0.15) is 28.4 Å². The number of nitrogens with one attached hydrogen (secondary N) is 1. The number of rotatable bonds is 5. The number of hydrogen-bond donors (Lipinski definition) is 4. The number of aliphatic carboxylic acids is 1. The van der Waals surface area contributed by atoms with Crippen LogP contribution in [0, 0.1) is 0 Å². The topological polar surface area (TPSA) is 157 Å². The molecule has 4 N–H and O–H groups in total. The second-order valence-corrected chi connectivity index (χ2v) is 7.08. The second kappa shape index (κ2) is 7.81. The monoisotopic (exact) mass is 406 g/mol. The largest absolute Gasteiger partial charge is 0.556 e. The number of benzene rings is 1. The number of carbonyl (C=O) groups is 4. The number of carbonyl (C=O) groups excluding carboxylic acids is 3. The molecule has 156 valence electrons. The smallest absolute Gasteiger partial charge is 0.405 e. The Bertz CT molecular complexity index is 874. The lowest BCUT2D eigenvalue weighted by molar-refractivity contribution is -0.143. The number of fused-ring (bicyclic) bond motifs is 1. The van der Waals surface area contributed by atoms with Gasteiger partial charge in [-0.3, -0.25) is 19.2 Å². The minimum Gasteiger partial charge on any atom is -0.556 e. The maximum atomic E-state index is 12.4. The molecule has 1 aromatic carbocycles. The van der Waals surface area contributed by atoms with Gasteiger partial charge in [0.15, 0.2) is 0 Å². The first-order chi connectivity index (χ1) is 13.6. The minimum absolute atomic E-state index is 0.0492. The quantitative estimate of drug-likeness (QED) is 0.388. The maximum absolute atomic E-state index is 12.4. The zero-order valence-corrected chi connectivity index (χ0v) is 15.7. The van der Waals surface area contributed by atoms with Crippen LogP contribution in [0.5, 0.6) is 0 Å². The molecule has 2 aliphatic heterocycles.